The lowest BCUT2D eigenvalue weighted by atomic mass is 9.85. The molecule has 1 fully saturated rings. The van der Waals surface area contributed by atoms with Gasteiger partial charge in [0.2, 0.25) is 0 Å². The van der Waals surface area contributed by atoms with Gasteiger partial charge in [0.25, 0.3) is 0 Å². The lowest BCUT2D eigenvalue weighted by Crippen LogP contribution is -2.32. The summed E-state index contributed by atoms with van der Waals surface area (Å²) in [5.41, 5.74) is 9.11. The van der Waals surface area contributed by atoms with Crippen LogP contribution in [0.25, 0.3) is 0 Å². The summed E-state index contributed by atoms with van der Waals surface area (Å²) in [7, 11) is 0. The van der Waals surface area contributed by atoms with Crippen LogP contribution in [-0.4, -0.2) is 19.3 Å². The molecule has 2 N–H and O–H groups in total. The van der Waals surface area contributed by atoms with Gasteiger partial charge in [-0.25, -0.2) is 0 Å². The summed E-state index contributed by atoms with van der Waals surface area (Å²) in [5.74, 6) is 1.78. The lowest BCUT2D eigenvalue weighted by molar-refractivity contribution is 0.171. The van der Waals surface area contributed by atoms with Crippen LogP contribution in [-0.2, 0) is 11.8 Å². The third-order valence-electron chi connectivity index (χ3n) is 4.35. The molecule has 2 aliphatic rings. The van der Waals surface area contributed by atoms with Gasteiger partial charge in [0.1, 0.15) is 13.2 Å². The molecular weight excluding hydrogens is 226 g/mol. The van der Waals surface area contributed by atoms with Crippen LogP contribution in [0, 0.1) is 0 Å². The molecule has 0 saturated heterocycles. The number of hydrogen-bond acceptors (Lipinski definition) is 3. The first-order valence-electron chi connectivity index (χ1n) is 6.86. The summed E-state index contributed by atoms with van der Waals surface area (Å²) < 4.78 is 11.4. The van der Waals surface area contributed by atoms with E-state index in [-0.39, 0.29) is 11.5 Å². The molecule has 1 aromatic carbocycles. The summed E-state index contributed by atoms with van der Waals surface area (Å²) in [6.45, 7) is 5.59. The van der Waals surface area contributed by atoms with Gasteiger partial charge in [-0.2, -0.15) is 0 Å². The molecule has 1 aliphatic heterocycles. The van der Waals surface area contributed by atoms with E-state index in [9.17, 15) is 0 Å². The first-order chi connectivity index (χ1) is 8.67. The zero-order valence-electron chi connectivity index (χ0n) is 11.2. The summed E-state index contributed by atoms with van der Waals surface area (Å²) >= 11 is 0. The summed E-state index contributed by atoms with van der Waals surface area (Å²) in [6, 6.07) is 4.51. The Morgan fingerprint density at radius 1 is 1.22 bits per heavy atom. The van der Waals surface area contributed by atoms with Crippen molar-refractivity contribution >= 4 is 0 Å². The van der Waals surface area contributed by atoms with Gasteiger partial charge in [-0.15, -0.1) is 0 Å². The normalized spacial score (nSPS) is 21.5. The van der Waals surface area contributed by atoms with Crippen LogP contribution in [0.1, 0.15) is 37.8 Å². The van der Waals surface area contributed by atoms with E-state index in [2.05, 4.69) is 26.0 Å². The van der Waals surface area contributed by atoms with Crippen molar-refractivity contribution in [2.45, 2.75) is 44.6 Å². The molecule has 0 aromatic heterocycles. The Kier molecular flexibility index (Phi) is 2.74. The van der Waals surface area contributed by atoms with E-state index in [4.69, 9.17) is 15.2 Å². The van der Waals surface area contributed by atoms with Gasteiger partial charge in [-0.1, -0.05) is 6.92 Å². The average molecular weight is 247 g/mol. The molecule has 0 amide bonds. The van der Waals surface area contributed by atoms with Gasteiger partial charge in [0.05, 0.1) is 0 Å². The molecule has 1 atom stereocenters. The number of hydrogen-bond donors (Lipinski definition) is 1. The number of aryl methyl sites for hydroxylation is 1. The second kappa shape index (κ2) is 4.16. The number of ether oxygens (including phenoxy) is 2. The maximum atomic E-state index is 6.19. The van der Waals surface area contributed by atoms with Gasteiger partial charge < -0.3 is 15.2 Å². The Bertz CT molecular complexity index is 464. The first kappa shape index (κ1) is 11.8. The van der Waals surface area contributed by atoms with Crippen LogP contribution >= 0.6 is 0 Å². The maximum absolute atomic E-state index is 6.19. The van der Waals surface area contributed by atoms with Crippen LogP contribution in [0.5, 0.6) is 11.5 Å². The van der Waals surface area contributed by atoms with Gasteiger partial charge in [-0.3, -0.25) is 0 Å². The van der Waals surface area contributed by atoms with Crippen molar-refractivity contribution in [1.82, 2.24) is 0 Å². The van der Waals surface area contributed by atoms with Crippen molar-refractivity contribution in [1.29, 1.82) is 0 Å². The number of benzene rings is 1. The van der Waals surface area contributed by atoms with Crippen molar-refractivity contribution in [2.24, 2.45) is 5.73 Å². The van der Waals surface area contributed by atoms with E-state index in [0.717, 1.165) is 17.9 Å². The fourth-order valence-electron chi connectivity index (χ4n) is 2.99. The second-order valence-corrected chi connectivity index (χ2v) is 5.45. The van der Waals surface area contributed by atoms with E-state index in [1.165, 1.54) is 24.0 Å². The Morgan fingerprint density at radius 3 is 2.33 bits per heavy atom. The molecule has 98 valence electrons. The molecule has 18 heavy (non-hydrogen) atoms. The highest BCUT2D eigenvalue weighted by Crippen LogP contribution is 2.53. The van der Waals surface area contributed by atoms with Crippen LogP contribution in [0.4, 0.5) is 0 Å². The zero-order valence-corrected chi connectivity index (χ0v) is 11.2. The van der Waals surface area contributed by atoms with Crippen LogP contribution in [0.15, 0.2) is 12.1 Å². The minimum atomic E-state index is 0.182. The molecule has 1 aliphatic carbocycles. The van der Waals surface area contributed by atoms with E-state index >= 15 is 0 Å². The zero-order chi connectivity index (χ0) is 12.8. The fraction of sp³-hybridized carbons (Fsp3) is 0.600. The van der Waals surface area contributed by atoms with Gasteiger partial charge >= 0.3 is 0 Å². The smallest absolute Gasteiger partial charge is 0.161 e. The average Bonchev–Trinajstić information content (AvgIpc) is 3.18. The monoisotopic (exact) mass is 247 g/mol. The molecule has 0 radical (unpaired) electrons. The third-order valence-corrected chi connectivity index (χ3v) is 4.35. The fourth-order valence-corrected chi connectivity index (χ4v) is 2.99. The number of fused-ring (bicyclic) bond motifs is 1. The highest BCUT2D eigenvalue weighted by molar-refractivity contribution is 5.52. The predicted octanol–water partition coefficient (Wildman–Crippen LogP) is 2.40. The van der Waals surface area contributed by atoms with E-state index in [1.807, 2.05) is 0 Å². The van der Waals surface area contributed by atoms with Crippen molar-refractivity contribution in [3.05, 3.63) is 23.3 Å². The van der Waals surface area contributed by atoms with Crippen molar-refractivity contribution < 1.29 is 9.47 Å². The Hall–Kier alpha value is -1.22. The maximum Gasteiger partial charge on any atom is 0.161 e. The first-order valence-corrected chi connectivity index (χ1v) is 6.86. The van der Waals surface area contributed by atoms with Crippen molar-refractivity contribution in [3.63, 3.8) is 0 Å². The van der Waals surface area contributed by atoms with E-state index in [0.29, 0.717) is 13.2 Å². The molecule has 1 aromatic rings. The molecule has 3 rings (SSSR count). The molecular formula is C15H21NO2. The molecule has 1 saturated carbocycles. The van der Waals surface area contributed by atoms with Gasteiger partial charge in [-0.05, 0) is 49.4 Å². The third kappa shape index (κ3) is 1.69. The minimum Gasteiger partial charge on any atom is -0.486 e. The van der Waals surface area contributed by atoms with Crippen molar-refractivity contribution in [3.8, 4) is 11.5 Å². The van der Waals surface area contributed by atoms with E-state index < -0.39 is 0 Å². The van der Waals surface area contributed by atoms with Crippen LogP contribution < -0.4 is 15.2 Å². The summed E-state index contributed by atoms with van der Waals surface area (Å²) in [4.78, 5) is 0. The van der Waals surface area contributed by atoms with Crippen molar-refractivity contribution in [2.75, 3.05) is 13.2 Å². The molecule has 1 heterocycles. The number of nitrogens with two attached hydrogens (primary N) is 1. The minimum absolute atomic E-state index is 0.182. The molecule has 0 spiro atoms. The molecule has 1 unspecified atom stereocenters. The quantitative estimate of drug-likeness (QED) is 0.892. The summed E-state index contributed by atoms with van der Waals surface area (Å²) in [6.07, 6.45) is 3.40. The molecule has 3 nitrogen and oxygen atoms in total. The van der Waals surface area contributed by atoms with Gasteiger partial charge in [0, 0.05) is 11.5 Å². The highest BCUT2D eigenvalue weighted by Gasteiger charge is 2.48. The SMILES string of the molecule is CCc1cc2c(cc1C1(C(C)N)CC1)OCCO2. The summed E-state index contributed by atoms with van der Waals surface area (Å²) in [5, 5.41) is 0. The van der Waals surface area contributed by atoms with Crippen LogP contribution in [0.3, 0.4) is 0 Å². The van der Waals surface area contributed by atoms with Gasteiger partial charge in [0.15, 0.2) is 11.5 Å². The number of rotatable bonds is 3. The van der Waals surface area contributed by atoms with E-state index in [1.54, 1.807) is 0 Å². The largest absolute Gasteiger partial charge is 0.486 e. The predicted molar refractivity (Wildman–Crippen MR) is 71.4 cm³/mol. The molecule has 3 heteroatoms. The lowest BCUT2D eigenvalue weighted by Gasteiger charge is -2.26. The standard InChI is InChI=1S/C15H21NO2/c1-3-11-8-13-14(18-7-6-17-13)9-12(11)15(4-5-15)10(2)16/h8-10H,3-7,16H2,1-2H3. The van der Waals surface area contributed by atoms with Crippen LogP contribution in [0.2, 0.25) is 0 Å². The topological polar surface area (TPSA) is 44.5 Å². The Labute approximate surface area is 108 Å². The highest BCUT2D eigenvalue weighted by atomic mass is 16.6. The Balaban J connectivity index is 2.08. The molecule has 0 bridgehead atoms. The second-order valence-electron chi connectivity index (χ2n) is 5.45. The Morgan fingerprint density at radius 2 is 1.83 bits per heavy atom.